The van der Waals surface area contributed by atoms with Crippen molar-refractivity contribution in [3.8, 4) is 5.75 Å². The van der Waals surface area contributed by atoms with Gasteiger partial charge in [0.05, 0.1) is 17.9 Å². The lowest BCUT2D eigenvalue weighted by atomic mass is 10.3. The van der Waals surface area contributed by atoms with E-state index in [9.17, 15) is 13.2 Å². The summed E-state index contributed by atoms with van der Waals surface area (Å²) in [6.07, 6.45) is 0.735. The molecule has 2 rings (SSSR count). The van der Waals surface area contributed by atoms with Gasteiger partial charge in [0.1, 0.15) is 17.4 Å². The van der Waals surface area contributed by atoms with Crippen LogP contribution in [0.1, 0.15) is 24.0 Å². The summed E-state index contributed by atoms with van der Waals surface area (Å²) in [6, 6.07) is 7.08. The van der Waals surface area contributed by atoms with Gasteiger partial charge in [-0.2, -0.15) is 0 Å². The number of halogens is 1. The highest BCUT2D eigenvalue weighted by molar-refractivity contribution is 7.89. The SMILES string of the molecule is CCS(=O)(=O)N(C)CCCNC(=O)Cc1csc(COc2ccc(Cl)cc2)n1. The number of benzene rings is 1. The molecule has 1 aromatic carbocycles. The summed E-state index contributed by atoms with van der Waals surface area (Å²) >= 11 is 7.27. The third kappa shape index (κ3) is 7.38. The van der Waals surface area contributed by atoms with E-state index in [-0.39, 0.29) is 18.1 Å². The first-order valence-electron chi connectivity index (χ1n) is 8.82. The molecule has 0 aliphatic heterocycles. The summed E-state index contributed by atoms with van der Waals surface area (Å²) < 4.78 is 30.2. The molecule has 1 aromatic heterocycles. The number of nitrogens with one attached hydrogen (secondary N) is 1. The lowest BCUT2D eigenvalue weighted by molar-refractivity contribution is -0.120. The largest absolute Gasteiger partial charge is 0.486 e. The number of hydrogen-bond donors (Lipinski definition) is 1. The molecule has 1 N–H and O–H groups in total. The average molecular weight is 446 g/mol. The molecule has 0 unspecified atom stereocenters. The quantitative estimate of drug-likeness (QED) is 0.537. The Balaban J connectivity index is 1.69. The molecule has 0 radical (unpaired) electrons. The van der Waals surface area contributed by atoms with Crippen LogP contribution in [0.3, 0.4) is 0 Å². The number of rotatable bonds is 11. The Bertz CT molecular complexity index is 869. The summed E-state index contributed by atoms with van der Waals surface area (Å²) in [5.41, 5.74) is 0.683. The Kier molecular flexibility index (Phi) is 8.68. The van der Waals surface area contributed by atoms with E-state index >= 15 is 0 Å². The van der Waals surface area contributed by atoms with Crippen molar-refractivity contribution in [1.29, 1.82) is 0 Å². The zero-order valence-corrected chi connectivity index (χ0v) is 18.2. The van der Waals surface area contributed by atoms with Crippen molar-refractivity contribution >= 4 is 38.9 Å². The van der Waals surface area contributed by atoms with E-state index in [2.05, 4.69) is 10.3 Å². The molecule has 1 heterocycles. The van der Waals surface area contributed by atoms with Crippen LogP contribution < -0.4 is 10.1 Å². The summed E-state index contributed by atoms with van der Waals surface area (Å²) in [5.74, 6) is 0.634. The van der Waals surface area contributed by atoms with Crippen LogP contribution in [0.2, 0.25) is 5.02 Å². The lowest BCUT2D eigenvalue weighted by Crippen LogP contribution is -2.32. The zero-order valence-electron chi connectivity index (χ0n) is 15.9. The third-order valence-corrected chi connectivity index (χ3v) is 6.91. The van der Waals surface area contributed by atoms with Gasteiger partial charge in [0.2, 0.25) is 15.9 Å². The molecule has 10 heteroatoms. The van der Waals surface area contributed by atoms with E-state index < -0.39 is 10.0 Å². The fourth-order valence-electron chi connectivity index (χ4n) is 2.29. The highest BCUT2D eigenvalue weighted by Gasteiger charge is 2.14. The molecule has 0 bridgehead atoms. The average Bonchev–Trinajstić information content (AvgIpc) is 3.11. The van der Waals surface area contributed by atoms with E-state index in [0.717, 1.165) is 5.01 Å². The number of carbonyl (C=O) groups is 1. The molecule has 154 valence electrons. The van der Waals surface area contributed by atoms with Gasteiger partial charge < -0.3 is 10.1 Å². The lowest BCUT2D eigenvalue weighted by Gasteiger charge is -2.15. The normalized spacial score (nSPS) is 11.6. The molecule has 0 aliphatic carbocycles. The molecule has 0 saturated heterocycles. The van der Waals surface area contributed by atoms with Gasteiger partial charge in [-0.1, -0.05) is 11.6 Å². The van der Waals surface area contributed by atoms with Crippen molar-refractivity contribution in [1.82, 2.24) is 14.6 Å². The first kappa shape index (κ1) is 22.6. The van der Waals surface area contributed by atoms with Crippen LogP contribution in [0.4, 0.5) is 0 Å². The van der Waals surface area contributed by atoms with Crippen LogP contribution in [0.25, 0.3) is 0 Å². The maximum Gasteiger partial charge on any atom is 0.226 e. The van der Waals surface area contributed by atoms with Gasteiger partial charge in [-0.15, -0.1) is 11.3 Å². The second-order valence-corrected chi connectivity index (χ2v) is 9.82. The highest BCUT2D eigenvalue weighted by Crippen LogP contribution is 2.18. The number of aromatic nitrogens is 1. The molecule has 0 atom stereocenters. The van der Waals surface area contributed by atoms with Crippen LogP contribution in [0.15, 0.2) is 29.6 Å². The number of carbonyl (C=O) groups excluding carboxylic acids is 1. The van der Waals surface area contributed by atoms with E-state index in [1.165, 1.54) is 15.6 Å². The Labute approximate surface area is 174 Å². The van der Waals surface area contributed by atoms with Crippen molar-refractivity contribution in [3.63, 3.8) is 0 Å². The number of thiazole rings is 1. The molecule has 0 spiro atoms. The minimum absolute atomic E-state index is 0.0732. The Morgan fingerprint density at radius 1 is 1.32 bits per heavy atom. The molecule has 0 saturated carbocycles. The standard InChI is InChI=1S/C18H24ClN3O4S2/c1-3-28(24,25)22(2)10-4-9-20-17(23)11-15-13-27-18(21-15)12-26-16-7-5-14(19)6-8-16/h5-8,13H,3-4,9-12H2,1-2H3,(H,20,23). The Hall–Kier alpha value is -1.68. The smallest absolute Gasteiger partial charge is 0.226 e. The fraction of sp³-hybridized carbons (Fsp3) is 0.444. The summed E-state index contributed by atoms with van der Waals surface area (Å²) in [7, 11) is -1.63. The van der Waals surface area contributed by atoms with E-state index in [1.54, 1.807) is 38.2 Å². The van der Waals surface area contributed by atoms with E-state index in [4.69, 9.17) is 16.3 Å². The fourth-order valence-corrected chi connectivity index (χ4v) is 3.97. The van der Waals surface area contributed by atoms with Gasteiger partial charge in [0.15, 0.2) is 0 Å². The number of sulfonamides is 1. The maximum absolute atomic E-state index is 12.0. The van der Waals surface area contributed by atoms with E-state index in [0.29, 0.717) is 42.6 Å². The minimum Gasteiger partial charge on any atom is -0.486 e. The van der Waals surface area contributed by atoms with Crippen LogP contribution in [0.5, 0.6) is 5.75 Å². The maximum atomic E-state index is 12.0. The number of ether oxygens (including phenoxy) is 1. The molecule has 1 amide bonds. The number of nitrogens with zero attached hydrogens (tertiary/aromatic N) is 2. The molecule has 28 heavy (non-hydrogen) atoms. The monoisotopic (exact) mass is 445 g/mol. The molecule has 0 fully saturated rings. The van der Waals surface area contributed by atoms with Crippen LogP contribution in [-0.2, 0) is 27.8 Å². The Morgan fingerprint density at radius 2 is 2.04 bits per heavy atom. The predicted octanol–water partition coefficient (Wildman–Crippen LogP) is 2.71. The number of hydrogen-bond acceptors (Lipinski definition) is 6. The van der Waals surface area contributed by atoms with Gasteiger partial charge in [0, 0.05) is 30.5 Å². The van der Waals surface area contributed by atoms with Crippen molar-refractivity contribution < 1.29 is 17.9 Å². The van der Waals surface area contributed by atoms with Gasteiger partial charge in [-0.3, -0.25) is 4.79 Å². The Morgan fingerprint density at radius 3 is 2.71 bits per heavy atom. The summed E-state index contributed by atoms with van der Waals surface area (Å²) in [5, 5.41) is 6.05. The molecule has 7 nitrogen and oxygen atoms in total. The minimum atomic E-state index is -3.18. The summed E-state index contributed by atoms with van der Waals surface area (Å²) in [6.45, 7) is 2.72. The van der Waals surface area contributed by atoms with Crippen LogP contribution in [-0.4, -0.2) is 49.5 Å². The highest BCUT2D eigenvalue weighted by atomic mass is 35.5. The van der Waals surface area contributed by atoms with E-state index in [1.807, 2.05) is 5.38 Å². The second-order valence-electron chi connectivity index (χ2n) is 6.08. The second kappa shape index (κ2) is 10.8. The van der Waals surface area contributed by atoms with Crippen molar-refractivity contribution in [2.75, 3.05) is 25.9 Å². The predicted molar refractivity (Wildman–Crippen MR) is 111 cm³/mol. The van der Waals surface area contributed by atoms with Crippen molar-refractivity contribution in [3.05, 3.63) is 45.4 Å². The van der Waals surface area contributed by atoms with Crippen LogP contribution in [0, 0.1) is 0 Å². The molecular formula is C18H24ClN3O4S2. The van der Waals surface area contributed by atoms with Crippen molar-refractivity contribution in [2.24, 2.45) is 0 Å². The molecule has 0 aliphatic rings. The molecule has 2 aromatic rings. The van der Waals surface area contributed by atoms with Gasteiger partial charge in [-0.25, -0.2) is 17.7 Å². The van der Waals surface area contributed by atoms with Gasteiger partial charge >= 0.3 is 0 Å². The zero-order chi connectivity index (χ0) is 20.6. The van der Waals surface area contributed by atoms with Gasteiger partial charge in [-0.05, 0) is 37.6 Å². The van der Waals surface area contributed by atoms with Gasteiger partial charge in [0.25, 0.3) is 0 Å². The first-order chi connectivity index (χ1) is 13.3. The first-order valence-corrected chi connectivity index (χ1v) is 11.7. The van der Waals surface area contributed by atoms with Crippen molar-refractivity contribution in [2.45, 2.75) is 26.4 Å². The number of amides is 1. The topological polar surface area (TPSA) is 88.6 Å². The van der Waals surface area contributed by atoms with Crippen LogP contribution >= 0.6 is 22.9 Å². The summed E-state index contributed by atoms with van der Waals surface area (Å²) in [4.78, 5) is 16.4. The third-order valence-electron chi connectivity index (χ3n) is 3.93. The molecular weight excluding hydrogens is 422 g/mol.